The van der Waals surface area contributed by atoms with E-state index in [1.807, 2.05) is 0 Å². The molecule has 4 aromatic rings. The number of hydrogen-bond donors (Lipinski definition) is 0. The minimum Gasteiger partial charge on any atom is -1.00 e. The molecule has 0 amide bonds. The minimum absolute atomic E-state index is 0. The van der Waals surface area contributed by atoms with E-state index < -0.39 is 0 Å². The second-order valence-electron chi connectivity index (χ2n) is 8.68. The Morgan fingerprint density at radius 1 is 0.656 bits per heavy atom. The molecule has 170 valence electrons. The molecule has 0 heterocycles. The SMILES string of the molecule is CC(C)Cc1cc2ccccc2[cH-]1.CC(C)Cc1cc2ccccc2[cH-]1.C[Si]C.[Cl-].[Cl-].[Zr+4]. The maximum absolute atomic E-state index is 2.30. The fraction of sp³-hybridized carbons (Fsp3) is 0.357. The van der Waals surface area contributed by atoms with Gasteiger partial charge in [0.25, 0.3) is 0 Å². The standard InChI is InChI=1S/2C13H15.C2H6Si.2ClH.Zr/c2*1-10(2)7-11-8-12-5-3-4-6-13(12)9-11;1-3-2;;;/h2*3-6,8-10H,7H2,1-2H3;1-2H3;2*1H;/q2*-1;;;;+4/p-2. The van der Waals surface area contributed by atoms with Crippen molar-refractivity contribution in [2.45, 2.75) is 53.6 Å². The maximum Gasteiger partial charge on any atom is 4.00 e. The van der Waals surface area contributed by atoms with Crippen molar-refractivity contribution < 1.29 is 51.0 Å². The van der Waals surface area contributed by atoms with Gasteiger partial charge in [0.05, 0.1) is 0 Å². The third-order valence-electron chi connectivity index (χ3n) is 4.64. The predicted molar refractivity (Wildman–Crippen MR) is 134 cm³/mol. The summed E-state index contributed by atoms with van der Waals surface area (Å²) in [5.74, 6) is 1.49. The maximum atomic E-state index is 2.30. The van der Waals surface area contributed by atoms with Gasteiger partial charge in [0.1, 0.15) is 0 Å². The number of hydrogen-bond acceptors (Lipinski definition) is 0. The molecule has 0 N–H and O–H groups in total. The smallest absolute Gasteiger partial charge is 1.00 e. The average Bonchev–Trinajstić information content (AvgIpc) is 3.24. The molecular formula is C28H36Cl2SiZr. The largest absolute Gasteiger partial charge is 4.00 e. The zero-order valence-electron chi connectivity index (χ0n) is 20.3. The molecule has 0 aromatic heterocycles. The van der Waals surface area contributed by atoms with E-state index in [-0.39, 0.29) is 51.0 Å². The predicted octanol–water partition coefficient (Wildman–Crippen LogP) is 2.31. The van der Waals surface area contributed by atoms with Crippen LogP contribution in [-0.4, -0.2) is 9.52 Å². The molecule has 4 aromatic carbocycles. The van der Waals surface area contributed by atoms with E-state index in [4.69, 9.17) is 0 Å². The second kappa shape index (κ2) is 17.8. The van der Waals surface area contributed by atoms with Crippen molar-refractivity contribution in [1.82, 2.24) is 0 Å². The molecular weight excluding hydrogens is 527 g/mol. The molecule has 0 unspecified atom stereocenters. The Balaban J connectivity index is 0. The molecule has 0 aliphatic heterocycles. The Labute approximate surface area is 230 Å². The first-order valence-corrected chi connectivity index (χ1v) is 12.8. The van der Waals surface area contributed by atoms with E-state index in [1.54, 1.807) is 0 Å². The van der Waals surface area contributed by atoms with Gasteiger partial charge in [-0.05, 0) is 24.7 Å². The van der Waals surface area contributed by atoms with Crippen molar-refractivity contribution in [1.29, 1.82) is 0 Å². The summed E-state index contributed by atoms with van der Waals surface area (Å²) in [4.78, 5) is 0. The molecule has 0 fully saturated rings. The van der Waals surface area contributed by atoms with Gasteiger partial charge in [0.15, 0.2) is 0 Å². The molecule has 32 heavy (non-hydrogen) atoms. The van der Waals surface area contributed by atoms with Crippen LogP contribution in [0.2, 0.25) is 13.1 Å². The normalized spacial score (nSPS) is 9.75. The van der Waals surface area contributed by atoms with Gasteiger partial charge in [-0.1, -0.05) is 52.9 Å². The number of halogens is 2. The van der Waals surface area contributed by atoms with E-state index >= 15 is 0 Å². The fourth-order valence-electron chi connectivity index (χ4n) is 3.61. The molecule has 0 aliphatic carbocycles. The van der Waals surface area contributed by atoms with Crippen LogP contribution in [0.5, 0.6) is 0 Å². The van der Waals surface area contributed by atoms with E-state index in [0.717, 1.165) is 21.4 Å². The van der Waals surface area contributed by atoms with E-state index in [2.05, 4.69) is 114 Å². The van der Waals surface area contributed by atoms with E-state index in [9.17, 15) is 0 Å². The van der Waals surface area contributed by atoms with E-state index in [0.29, 0.717) is 0 Å². The third kappa shape index (κ3) is 11.5. The minimum atomic E-state index is 0. The first-order valence-electron chi connectivity index (χ1n) is 10.8. The summed E-state index contributed by atoms with van der Waals surface area (Å²) in [5, 5.41) is 5.49. The van der Waals surface area contributed by atoms with Crippen LogP contribution in [-0.2, 0) is 39.0 Å². The van der Waals surface area contributed by atoms with Gasteiger partial charge in [0.2, 0.25) is 0 Å². The molecule has 4 heteroatoms. The number of fused-ring (bicyclic) bond motifs is 2. The van der Waals surface area contributed by atoms with Crippen molar-refractivity contribution in [3.63, 3.8) is 0 Å². The molecule has 0 atom stereocenters. The molecule has 0 saturated heterocycles. The molecule has 0 saturated carbocycles. The van der Waals surface area contributed by atoms with Gasteiger partial charge in [-0.2, -0.15) is 12.1 Å². The summed E-state index contributed by atoms with van der Waals surface area (Å²) in [6.07, 6.45) is 2.38. The Morgan fingerprint density at radius 3 is 1.25 bits per heavy atom. The number of rotatable bonds is 4. The Bertz CT molecular complexity index is 839. The first-order chi connectivity index (χ1) is 13.9. The molecule has 0 aliphatic rings. The van der Waals surface area contributed by atoms with Crippen molar-refractivity contribution in [3.8, 4) is 0 Å². The van der Waals surface area contributed by atoms with Gasteiger partial charge >= 0.3 is 26.2 Å². The van der Waals surface area contributed by atoms with Gasteiger partial charge in [0, 0.05) is 9.52 Å². The topological polar surface area (TPSA) is 0 Å². The van der Waals surface area contributed by atoms with Crippen LogP contribution in [0.4, 0.5) is 0 Å². The zero-order chi connectivity index (χ0) is 21.2. The van der Waals surface area contributed by atoms with E-state index in [1.165, 1.54) is 45.5 Å². The Morgan fingerprint density at radius 2 is 0.969 bits per heavy atom. The van der Waals surface area contributed by atoms with Crippen LogP contribution < -0.4 is 24.8 Å². The Kier molecular flexibility index (Phi) is 18.6. The van der Waals surface area contributed by atoms with Gasteiger partial charge in [-0.3, -0.25) is 0 Å². The fourth-order valence-corrected chi connectivity index (χ4v) is 3.61. The molecule has 0 bridgehead atoms. The summed E-state index contributed by atoms with van der Waals surface area (Å²) in [6.45, 7) is 13.4. The van der Waals surface area contributed by atoms with Crippen molar-refractivity contribution in [3.05, 3.63) is 83.9 Å². The molecule has 2 radical (unpaired) electrons. The van der Waals surface area contributed by atoms with Crippen LogP contribution in [0.15, 0.2) is 72.8 Å². The van der Waals surface area contributed by atoms with Crippen molar-refractivity contribution in [2.24, 2.45) is 11.8 Å². The monoisotopic (exact) mass is 560 g/mol. The van der Waals surface area contributed by atoms with Crippen molar-refractivity contribution >= 4 is 31.1 Å². The summed E-state index contributed by atoms with van der Waals surface area (Å²) in [7, 11) is 1.08. The summed E-state index contributed by atoms with van der Waals surface area (Å²) >= 11 is 0. The van der Waals surface area contributed by atoms with Crippen molar-refractivity contribution in [2.75, 3.05) is 0 Å². The summed E-state index contributed by atoms with van der Waals surface area (Å²) in [5.41, 5.74) is 2.94. The number of benzene rings is 2. The van der Waals surface area contributed by atoms with Gasteiger partial charge < -0.3 is 24.8 Å². The zero-order valence-corrected chi connectivity index (χ0v) is 25.2. The van der Waals surface area contributed by atoms with Gasteiger partial charge in [-0.15, -0.1) is 81.2 Å². The quantitative estimate of drug-likeness (QED) is 0.265. The van der Waals surface area contributed by atoms with Crippen LogP contribution >= 0.6 is 0 Å². The van der Waals surface area contributed by atoms with Crippen LogP contribution in [0, 0.1) is 11.8 Å². The van der Waals surface area contributed by atoms with Crippen LogP contribution in [0.3, 0.4) is 0 Å². The first kappa shape index (κ1) is 33.5. The third-order valence-corrected chi connectivity index (χ3v) is 4.64. The second-order valence-corrected chi connectivity index (χ2v) is 9.68. The molecule has 0 nitrogen and oxygen atoms in total. The average molecular weight is 563 g/mol. The molecule has 0 spiro atoms. The summed E-state index contributed by atoms with van der Waals surface area (Å²) < 4.78 is 0. The molecule has 4 rings (SSSR count). The van der Waals surface area contributed by atoms with Crippen LogP contribution in [0.25, 0.3) is 21.5 Å². The summed E-state index contributed by atoms with van der Waals surface area (Å²) in [6, 6.07) is 26.3. The van der Waals surface area contributed by atoms with Gasteiger partial charge in [-0.25, -0.2) is 0 Å². The Hall–Kier alpha value is -0.660. The van der Waals surface area contributed by atoms with Crippen LogP contribution in [0.1, 0.15) is 38.8 Å².